The summed E-state index contributed by atoms with van der Waals surface area (Å²) in [7, 11) is 0. The predicted octanol–water partition coefficient (Wildman–Crippen LogP) is 2.45. The summed E-state index contributed by atoms with van der Waals surface area (Å²) in [6.45, 7) is 5.31. The van der Waals surface area contributed by atoms with Crippen molar-refractivity contribution in [3.05, 3.63) is 29.8 Å². The fourth-order valence-corrected chi connectivity index (χ4v) is 0.649. The van der Waals surface area contributed by atoms with Crippen LogP contribution < -0.4 is 0 Å². The van der Waals surface area contributed by atoms with Gasteiger partial charge in [0.2, 0.25) is 5.95 Å². The summed E-state index contributed by atoms with van der Waals surface area (Å²) in [5, 5.41) is 0. The van der Waals surface area contributed by atoms with Crippen molar-refractivity contribution in [2.75, 3.05) is 0 Å². The molecule has 0 unspecified atom stereocenters. The smallest absolute Gasteiger partial charge is 0.223 e. The van der Waals surface area contributed by atoms with Gasteiger partial charge < -0.3 is 0 Å². The van der Waals surface area contributed by atoms with Gasteiger partial charge in [0.1, 0.15) is 0 Å². The Morgan fingerprint density at radius 2 is 2.08 bits per heavy atom. The molecule has 0 saturated carbocycles. The lowest BCUT2D eigenvalue weighted by molar-refractivity contribution is 0.101. The quantitative estimate of drug-likeness (QED) is 0.477. The maximum Gasteiger partial charge on any atom is 0.223 e. The zero-order chi connectivity index (χ0) is 9.56. The van der Waals surface area contributed by atoms with Gasteiger partial charge in [-0.25, -0.2) is 4.98 Å². The summed E-state index contributed by atoms with van der Waals surface area (Å²) in [5.41, 5.74) is 0.0440. The van der Waals surface area contributed by atoms with Crippen molar-refractivity contribution < 1.29 is 9.18 Å². The van der Waals surface area contributed by atoms with Crippen molar-refractivity contribution in [2.24, 2.45) is 0 Å². The van der Waals surface area contributed by atoms with Crippen LogP contribution in [-0.4, -0.2) is 10.8 Å². The van der Waals surface area contributed by atoms with Crippen LogP contribution in [0.1, 0.15) is 31.1 Å². The van der Waals surface area contributed by atoms with Crippen LogP contribution >= 0.6 is 0 Å². The largest absolute Gasteiger partial charge is 0.294 e. The molecular formula is C9H12FNO. The van der Waals surface area contributed by atoms with Crippen molar-refractivity contribution in [3.8, 4) is 0 Å². The third-order valence-corrected chi connectivity index (χ3v) is 1.14. The Morgan fingerprint density at radius 1 is 1.50 bits per heavy atom. The molecule has 0 atom stereocenters. The molecule has 2 nitrogen and oxygen atoms in total. The number of Topliss-reactive ketones (excluding diaryl/α,β-unsaturated/α-hetero) is 1. The number of carbonyl (C=O) groups excluding carboxylic acids is 1. The minimum Gasteiger partial charge on any atom is -0.294 e. The van der Waals surface area contributed by atoms with E-state index in [2.05, 4.69) is 4.98 Å². The van der Waals surface area contributed by atoms with Gasteiger partial charge in [-0.2, -0.15) is 4.39 Å². The molecule has 1 heterocycles. The number of hydrogen-bond donors (Lipinski definition) is 0. The van der Waals surface area contributed by atoms with E-state index in [1.807, 2.05) is 13.8 Å². The monoisotopic (exact) mass is 169 g/mol. The van der Waals surface area contributed by atoms with Crippen molar-refractivity contribution in [1.29, 1.82) is 0 Å². The van der Waals surface area contributed by atoms with Crippen LogP contribution in [0, 0.1) is 5.95 Å². The van der Waals surface area contributed by atoms with Gasteiger partial charge in [-0.1, -0.05) is 13.8 Å². The minimum atomic E-state index is -0.699. The third kappa shape index (κ3) is 2.78. The molecule has 0 N–H and O–H groups in total. The van der Waals surface area contributed by atoms with Crippen molar-refractivity contribution in [3.63, 3.8) is 0 Å². The molecule has 0 bridgehead atoms. The summed E-state index contributed by atoms with van der Waals surface area (Å²) < 4.78 is 12.5. The second-order valence-corrected chi connectivity index (χ2v) is 1.90. The van der Waals surface area contributed by atoms with E-state index < -0.39 is 5.95 Å². The second kappa shape index (κ2) is 5.41. The molecule has 1 aromatic heterocycles. The second-order valence-electron chi connectivity index (χ2n) is 1.90. The lowest BCUT2D eigenvalue weighted by Crippen LogP contribution is -1.97. The number of aromatic nitrogens is 1. The third-order valence-electron chi connectivity index (χ3n) is 1.14. The zero-order valence-electron chi connectivity index (χ0n) is 7.47. The van der Waals surface area contributed by atoms with E-state index in [0.29, 0.717) is 0 Å². The van der Waals surface area contributed by atoms with Crippen molar-refractivity contribution >= 4 is 5.78 Å². The molecule has 3 heteroatoms. The Hall–Kier alpha value is -1.25. The molecule has 0 aromatic carbocycles. The molecule has 1 rings (SSSR count). The molecule has 0 fully saturated rings. The number of halogens is 1. The van der Waals surface area contributed by atoms with Crippen LogP contribution in [0.5, 0.6) is 0 Å². The van der Waals surface area contributed by atoms with Gasteiger partial charge in [0.05, 0.1) is 5.56 Å². The molecule has 0 radical (unpaired) electrons. The van der Waals surface area contributed by atoms with Crippen LogP contribution in [0.25, 0.3) is 0 Å². The summed E-state index contributed by atoms with van der Waals surface area (Å²) >= 11 is 0. The SMILES string of the molecule is CC.CC(=O)c1cccnc1F. The Balaban J connectivity index is 0.000000561. The highest BCUT2D eigenvalue weighted by Gasteiger charge is 2.04. The van der Waals surface area contributed by atoms with Crippen LogP contribution in [-0.2, 0) is 0 Å². The first-order chi connectivity index (χ1) is 5.72. The number of ketones is 1. The van der Waals surface area contributed by atoms with E-state index in [1.165, 1.54) is 25.3 Å². The van der Waals surface area contributed by atoms with Gasteiger partial charge in [0.25, 0.3) is 0 Å². The van der Waals surface area contributed by atoms with E-state index in [0.717, 1.165) is 0 Å². The molecule has 1 aromatic rings. The van der Waals surface area contributed by atoms with Crippen molar-refractivity contribution in [1.82, 2.24) is 4.98 Å². The fourth-order valence-electron chi connectivity index (χ4n) is 0.649. The van der Waals surface area contributed by atoms with Gasteiger partial charge in [-0.05, 0) is 19.1 Å². The van der Waals surface area contributed by atoms with E-state index >= 15 is 0 Å². The van der Waals surface area contributed by atoms with Crippen LogP contribution in [0.2, 0.25) is 0 Å². The molecule has 0 saturated heterocycles. The number of carbonyl (C=O) groups is 1. The first kappa shape index (κ1) is 10.8. The number of pyridine rings is 1. The molecule has 0 spiro atoms. The highest BCUT2D eigenvalue weighted by molar-refractivity contribution is 5.93. The Labute approximate surface area is 71.4 Å². The Bertz CT molecular complexity index is 260. The summed E-state index contributed by atoms with van der Waals surface area (Å²) in [5.74, 6) is -0.999. The van der Waals surface area contributed by atoms with E-state index in [4.69, 9.17) is 0 Å². The van der Waals surface area contributed by atoms with Gasteiger partial charge in [-0.3, -0.25) is 4.79 Å². The molecule has 12 heavy (non-hydrogen) atoms. The Morgan fingerprint density at radius 3 is 2.42 bits per heavy atom. The number of hydrogen-bond acceptors (Lipinski definition) is 2. The van der Waals surface area contributed by atoms with Gasteiger partial charge in [-0.15, -0.1) is 0 Å². The average Bonchev–Trinajstić information content (AvgIpc) is 2.08. The van der Waals surface area contributed by atoms with Gasteiger partial charge >= 0.3 is 0 Å². The standard InChI is InChI=1S/C7H6FNO.C2H6/c1-5(10)6-3-2-4-9-7(6)8;1-2/h2-4H,1H3;1-2H3. The lowest BCUT2D eigenvalue weighted by Gasteiger charge is -1.93. The zero-order valence-corrected chi connectivity index (χ0v) is 7.47. The number of rotatable bonds is 1. The molecule has 66 valence electrons. The molecule has 0 aliphatic carbocycles. The first-order valence-corrected chi connectivity index (χ1v) is 3.83. The molecule has 0 amide bonds. The maximum absolute atomic E-state index is 12.5. The lowest BCUT2D eigenvalue weighted by atomic mass is 10.2. The Kier molecular flexibility index (Phi) is 4.84. The fraction of sp³-hybridized carbons (Fsp3) is 0.333. The topological polar surface area (TPSA) is 30.0 Å². The van der Waals surface area contributed by atoms with Crippen LogP contribution in [0.4, 0.5) is 4.39 Å². The van der Waals surface area contributed by atoms with E-state index in [9.17, 15) is 9.18 Å². The normalized spacial score (nSPS) is 8.33. The highest BCUT2D eigenvalue weighted by atomic mass is 19.1. The summed E-state index contributed by atoms with van der Waals surface area (Å²) in [4.78, 5) is 13.9. The van der Waals surface area contributed by atoms with Crippen molar-refractivity contribution in [2.45, 2.75) is 20.8 Å². The van der Waals surface area contributed by atoms with Crippen LogP contribution in [0.15, 0.2) is 18.3 Å². The average molecular weight is 169 g/mol. The van der Waals surface area contributed by atoms with E-state index in [1.54, 1.807) is 0 Å². The summed E-state index contributed by atoms with van der Waals surface area (Å²) in [6.07, 6.45) is 1.31. The maximum atomic E-state index is 12.5. The molecular weight excluding hydrogens is 157 g/mol. The molecule has 0 aliphatic heterocycles. The van der Waals surface area contributed by atoms with E-state index in [-0.39, 0.29) is 11.3 Å². The minimum absolute atomic E-state index is 0.0440. The summed E-state index contributed by atoms with van der Waals surface area (Å²) in [6, 6.07) is 2.94. The first-order valence-electron chi connectivity index (χ1n) is 3.83. The molecule has 0 aliphatic rings. The highest BCUT2D eigenvalue weighted by Crippen LogP contribution is 2.02. The predicted molar refractivity (Wildman–Crippen MR) is 45.5 cm³/mol. The van der Waals surface area contributed by atoms with Crippen LogP contribution in [0.3, 0.4) is 0 Å². The van der Waals surface area contributed by atoms with Gasteiger partial charge in [0, 0.05) is 6.20 Å². The number of nitrogens with zero attached hydrogens (tertiary/aromatic N) is 1. The van der Waals surface area contributed by atoms with Gasteiger partial charge in [0.15, 0.2) is 5.78 Å².